The lowest BCUT2D eigenvalue weighted by Gasteiger charge is -2.03. The predicted octanol–water partition coefficient (Wildman–Crippen LogP) is 1.48. The van der Waals surface area contributed by atoms with Crippen LogP contribution in [-0.2, 0) is 4.79 Å². The molecule has 74 valence electrons. The van der Waals surface area contributed by atoms with Crippen molar-refractivity contribution in [3.8, 4) is 0 Å². The first kappa shape index (κ1) is 12.0. The van der Waals surface area contributed by atoms with Gasteiger partial charge in [0.1, 0.15) is 11.5 Å². The molecule has 0 saturated heterocycles. The van der Waals surface area contributed by atoms with Crippen LogP contribution < -0.4 is 5.73 Å². The molecule has 0 aromatic carbocycles. The first-order valence-electron chi connectivity index (χ1n) is 3.63. The molecule has 1 aromatic rings. The Morgan fingerprint density at radius 1 is 1.69 bits per heavy atom. The molecule has 1 rings (SSSR count). The monoisotopic (exact) mass is 205 g/mol. The summed E-state index contributed by atoms with van der Waals surface area (Å²) in [5.41, 5.74) is 5.53. The van der Waals surface area contributed by atoms with Gasteiger partial charge in [-0.1, -0.05) is 0 Å². The zero-order valence-corrected chi connectivity index (χ0v) is 8.00. The van der Waals surface area contributed by atoms with Crippen LogP contribution in [0.15, 0.2) is 16.5 Å². The maximum atomic E-state index is 10.3. The van der Waals surface area contributed by atoms with Gasteiger partial charge in [-0.05, 0) is 19.1 Å². The zero-order valence-electron chi connectivity index (χ0n) is 7.19. The summed E-state index contributed by atoms with van der Waals surface area (Å²) in [6.45, 7) is 1.79. The molecule has 1 aromatic heterocycles. The second kappa shape index (κ2) is 4.89. The van der Waals surface area contributed by atoms with E-state index in [1.165, 1.54) is 0 Å². The second-order valence-corrected chi connectivity index (χ2v) is 2.65. The van der Waals surface area contributed by atoms with Crippen LogP contribution >= 0.6 is 12.4 Å². The van der Waals surface area contributed by atoms with Gasteiger partial charge in [-0.3, -0.25) is 4.79 Å². The maximum absolute atomic E-state index is 10.3. The third-order valence-electron chi connectivity index (χ3n) is 1.52. The third-order valence-corrected chi connectivity index (χ3v) is 1.52. The summed E-state index contributed by atoms with van der Waals surface area (Å²) in [6.07, 6.45) is -0.104. The van der Waals surface area contributed by atoms with E-state index in [2.05, 4.69) is 0 Å². The molecule has 1 unspecified atom stereocenters. The van der Waals surface area contributed by atoms with Crippen LogP contribution in [0.4, 0.5) is 0 Å². The fourth-order valence-electron chi connectivity index (χ4n) is 0.941. The van der Waals surface area contributed by atoms with Crippen molar-refractivity contribution in [2.24, 2.45) is 5.73 Å². The highest BCUT2D eigenvalue weighted by Gasteiger charge is 2.13. The second-order valence-electron chi connectivity index (χ2n) is 2.65. The largest absolute Gasteiger partial charge is 0.481 e. The third kappa shape index (κ3) is 3.48. The number of aliphatic carboxylic acids is 1. The summed E-state index contributed by atoms with van der Waals surface area (Å²) >= 11 is 0. The molecule has 5 heteroatoms. The molecule has 0 fully saturated rings. The summed E-state index contributed by atoms with van der Waals surface area (Å²) in [4.78, 5) is 10.3. The van der Waals surface area contributed by atoms with Gasteiger partial charge in [-0.2, -0.15) is 0 Å². The van der Waals surface area contributed by atoms with Crippen LogP contribution in [0.2, 0.25) is 0 Å². The zero-order chi connectivity index (χ0) is 9.14. The number of furan rings is 1. The fourth-order valence-corrected chi connectivity index (χ4v) is 0.941. The van der Waals surface area contributed by atoms with E-state index in [1.54, 1.807) is 19.1 Å². The van der Waals surface area contributed by atoms with E-state index in [1.807, 2.05) is 0 Å². The molecule has 3 N–H and O–H groups in total. The Hall–Kier alpha value is -1.00. The Morgan fingerprint density at radius 2 is 2.31 bits per heavy atom. The molecule has 0 spiro atoms. The molecular formula is C8H12ClNO3. The average molecular weight is 206 g/mol. The minimum absolute atomic E-state index is 0. The van der Waals surface area contributed by atoms with Crippen molar-refractivity contribution >= 4 is 18.4 Å². The van der Waals surface area contributed by atoms with Crippen molar-refractivity contribution in [1.82, 2.24) is 0 Å². The van der Waals surface area contributed by atoms with Crippen LogP contribution in [0.5, 0.6) is 0 Å². The first-order valence-corrected chi connectivity index (χ1v) is 3.63. The van der Waals surface area contributed by atoms with Crippen molar-refractivity contribution in [1.29, 1.82) is 0 Å². The number of rotatable bonds is 3. The number of carboxylic acids is 1. The molecule has 0 saturated carbocycles. The standard InChI is InChI=1S/C8H11NO3.ClH/c1-5-2-3-7(12-5)6(9)4-8(10)11;/h2-3,6H,4,9H2,1H3,(H,10,11);1H. The number of carbonyl (C=O) groups is 1. The van der Waals surface area contributed by atoms with Crippen molar-refractivity contribution in [3.63, 3.8) is 0 Å². The van der Waals surface area contributed by atoms with E-state index in [-0.39, 0.29) is 18.8 Å². The molecule has 0 radical (unpaired) electrons. The number of halogens is 1. The minimum Gasteiger partial charge on any atom is -0.481 e. The van der Waals surface area contributed by atoms with Crippen LogP contribution in [0, 0.1) is 6.92 Å². The highest BCUT2D eigenvalue weighted by atomic mass is 35.5. The predicted molar refractivity (Wildman–Crippen MR) is 49.9 cm³/mol. The number of nitrogens with two attached hydrogens (primary N) is 1. The Morgan fingerprint density at radius 3 is 2.69 bits per heavy atom. The molecule has 13 heavy (non-hydrogen) atoms. The normalized spacial score (nSPS) is 11.8. The van der Waals surface area contributed by atoms with Gasteiger partial charge >= 0.3 is 5.97 Å². The van der Waals surface area contributed by atoms with Crippen molar-refractivity contribution in [3.05, 3.63) is 23.7 Å². The van der Waals surface area contributed by atoms with E-state index in [0.29, 0.717) is 5.76 Å². The number of aryl methyl sites for hydroxylation is 1. The molecule has 1 heterocycles. The summed E-state index contributed by atoms with van der Waals surface area (Å²) in [7, 11) is 0. The van der Waals surface area contributed by atoms with Gasteiger partial charge in [0.25, 0.3) is 0 Å². The first-order chi connectivity index (χ1) is 5.59. The Balaban J connectivity index is 0.00000144. The van der Waals surface area contributed by atoms with Gasteiger partial charge in [0.05, 0.1) is 12.5 Å². The van der Waals surface area contributed by atoms with E-state index < -0.39 is 12.0 Å². The number of carboxylic acid groups (broad SMARTS) is 1. The summed E-state index contributed by atoms with van der Waals surface area (Å²) in [5.74, 6) is 0.345. The lowest BCUT2D eigenvalue weighted by molar-refractivity contribution is -0.137. The van der Waals surface area contributed by atoms with Crippen LogP contribution in [0.25, 0.3) is 0 Å². The highest BCUT2D eigenvalue weighted by Crippen LogP contribution is 2.16. The van der Waals surface area contributed by atoms with E-state index in [9.17, 15) is 4.79 Å². The SMILES string of the molecule is Cc1ccc(C(N)CC(=O)O)o1.Cl. The average Bonchev–Trinajstić information content (AvgIpc) is 2.34. The smallest absolute Gasteiger partial charge is 0.305 e. The quantitative estimate of drug-likeness (QED) is 0.784. The van der Waals surface area contributed by atoms with Gasteiger partial charge in [0.15, 0.2) is 0 Å². The molecule has 0 amide bonds. The Kier molecular flexibility index (Phi) is 4.51. The van der Waals surface area contributed by atoms with E-state index in [4.69, 9.17) is 15.3 Å². The summed E-state index contributed by atoms with van der Waals surface area (Å²) < 4.78 is 5.16. The van der Waals surface area contributed by atoms with Crippen molar-refractivity contribution in [2.75, 3.05) is 0 Å². The Bertz CT molecular complexity index is 285. The molecule has 0 aliphatic heterocycles. The van der Waals surface area contributed by atoms with Gasteiger partial charge in [-0.15, -0.1) is 12.4 Å². The number of hydrogen-bond donors (Lipinski definition) is 2. The molecule has 0 aliphatic carbocycles. The van der Waals surface area contributed by atoms with Crippen molar-refractivity contribution in [2.45, 2.75) is 19.4 Å². The molecule has 0 bridgehead atoms. The van der Waals surface area contributed by atoms with E-state index in [0.717, 1.165) is 5.76 Å². The van der Waals surface area contributed by atoms with Gasteiger partial charge in [0, 0.05) is 0 Å². The highest BCUT2D eigenvalue weighted by molar-refractivity contribution is 5.85. The lowest BCUT2D eigenvalue weighted by Crippen LogP contribution is -2.14. The molecule has 4 nitrogen and oxygen atoms in total. The van der Waals surface area contributed by atoms with Crippen LogP contribution in [0.1, 0.15) is 24.0 Å². The Labute approximate surface area is 82.1 Å². The molecular weight excluding hydrogens is 194 g/mol. The van der Waals surface area contributed by atoms with Crippen LogP contribution in [-0.4, -0.2) is 11.1 Å². The van der Waals surface area contributed by atoms with Crippen molar-refractivity contribution < 1.29 is 14.3 Å². The minimum atomic E-state index is -0.920. The summed E-state index contributed by atoms with van der Waals surface area (Å²) in [5, 5.41) is 8.43. The van der Waals surface area contributed by atoms with Gasteiger partial charge in [-0.25, -0.2) is 0 Å². The molecule has 0 aliphatic rings. The van der Waals surface area contributed by atoms with E-state index >= 15 is 0 Å². The van der Waals surface area contributed by atoms with Gasteiger partial charge in [0.2, 0.25) is 0 Å². The maximum Gasteiger partial charge on any atom is 0.305 e. The van der Waals surface area contributed by atoms with Gasteiger partial charge < -0.3 is 15.3 Å². The van der Waals surface area contributed by atoms with Crippen LogP contribution in [0.3, 0.4) is 0 Å². The molecule has 1 atom stereocenters. The number of hydrogen-bond acceptors (Lipinski definition) is 3. The fraction of sp³-hybridized carbons (Fsp3) is 0.375. The lowest BCUT2D eigenvalue weighted by atomic mass is 10.2. The summed E-state index contributed by atoms with van der Waals surface area (Å²) in [6, 6.07) is 2.91. The topological polar surface area (TPSA) is 76.5 Å².